The number of rotatable bonds is 5. The fourth-order valence-electron chi connectivity index (χ4n) is 1.28. The van der Waals surface area contributed by atoms with Gasteiger partial charge in [-0.3, -0.25) is 9.59 Å². The second kappa shape index (κ2) is 6.67. The van der Waals surface area contributed by atoms with Crippen LogP contribution >= 0.6 is 24.2 Å². The summed E-state index contributed by atoms with van der Waals surface area (Å²) in [5.41, 5.74) is 0.913. The van der Waals surface area contributed by atoms with E-state index in [1.54, 1.807) is 18.2 Å². The third kappa shape index (κ3) is 5.24. The summed E-state index contributed by atoms with van der Waals surface area (Å²) in [6, 6.07) is 5.32. The Morgan fingerprint density at radius 1 is 1.41 bits per heavy atom. The SMILES string of the molecule is CC(=O)CC(=O)OCCc1cc(Cl)ccc1S. The molecule has 0 aliphatic carbocycles. The highest BCUT2D eigenvalue weighted by molar-refractivity contribution is 7.80. The van der Waals surface area contributed by atoms with Crippen LogP contribution in [-0.4, -0.2) is 18.4 Å². The molecule has 1 rings (SSSR count). The fourth-order valence-corrected chi connectivity index (χ4v) is 1.73. The van der Waals surface area contributed by atoms with Crippen LogP contribution in [0.3, 0.4) is 0 Å². The van der Waals surface area contributed by atoms with E-state index in [0.29, 0.717) is 11.4 Å². The number of benzene rings is 1. The van der Waals surface area contributed by atoms with Crippen LogP contribution in [0.4, 0.5) is 0 Å². The van der Waals surface area contributed by atoms with Gasteiger partial charge in [-0.1, -0.05) is 11.6 Å². The number of ether oxygens (including phenoxy) is 1. The molecule has 0 N–H and O–H groups in total. The van der Waals surface area contributed by atoms with Gasteiger partial charge < -0.3 is 4.74 Å². The van der Waals surface area contributed by atoms with Gasteiger partial charge in [0.2, 0.25) is 0 Å². The lowest BCUT2D eigenvalue weighted by Gasteiger charge is -2.06. The monoisotopic (exact) mass is 272 g/mol. The summed E-state index contributed by atoms with van der Waals surface area (Å²) in [4.78, 5) is 22.6. The van der Waals surface area contributed by atoms with Crippen LogP contribution in [0.15, 0.2) is 23.1 Å². The molecular weight excluding hydrogens is 260 g/mol. The molecule has 5 heteroatoms. The van der Waals surface area contributed by atoms with Gasteiger partial charge in [-0.05, 0) is 30.7 Å². The molecule has 0 atom stereocenters. The lowest BCUT2D eigenvalue weighted by atomic mass is 10.1. The Morgan fingerprint density at radius 3 is 2.76 bits per heavy atom. The molecule has 3 nitrogen and oxygen atoms in total. The lowest BCUT2D eigenvalue weighted by Crippen LogP contribution is -2.11. The zero-order valence-electron chi connectivity index (χ0n) is 9.40. The first-order valence-corrected chi connectivity index (χ1v) is 5.94. The van der Waals surface area contributed by atoms with Gasteiger partial charge in [0, 0.05) is 16.3 Å². The maximum atomic E-state index is 11.1. The lowest BCUT2D eigenvalue weighted by molar-refractivity contribution is -0.145. The molecule has 0 fully saturated rings. The van der Waals surface area contributed by atoms with Gasteiger partial charge in [0.1, 0.15) is 12.2 Å². The molecule has 0 saturated heterocycles. The van der Waals surface area contributed by atoms with Gasteiger partial charge in [-0.15, -0.1) is 12.6 Å². The van der Waals surface area contributed by atoms with E-state index in [0.717, 1.165) is 10.5 Å². The van der Waals surface area contributed by atoms with E-state index in [1.807, 2.05) is 0 Å². The molecule has 0 aliphatic heterocycles. The van der Waals surface area contributed by atoms with Crippen molar-refractivity contribution in [3.63, 3.8) is 0 Å². The normalized spacial score (nSPS) is 10.1. The molecule has 1 aromatic carbocycles. The van der Waals surface area contributed by atoms with Crippen LogP contribution in [0.25, 0.3) is 0 Å². The highest BCUT2D eigenvalue weighted by Crippen LogP contribution is 2.19. The van der Waals surface area contributed by atoms with E-state index in [-0.39, 0.29) is 18.8 Å². The number of Topliss-reactive ketones (excluding diaryl/α,β-unsaturated/α-hetero) is 1. The van der Waals surface area contributed by atoms with Gasteiger partial charge in [0.15, 0.2) is 0 Å². The summed E-state index contributed by atoms with van der Waals surface area (Å²) in [7, 11) is 0. The number of carbonyl (C=O) groups excluding carboxylic acids is 2. The molecule has 0 radical (unpaired) electrons. The van der Waals surface area contributed by atoms with Crippen LogP contribution in [0, 0.1) is 0 Å². The van der Waals surface area contributed by atoms with E-state index >= 15 is 0 Å². The first kappa shape index (κ1) is 14.1. The largest absolute Gasteiger partial charge is 0.465 e. The first-order valence-electron chi connectivity index (χ1n) is 5.11. The van der Waals surface area contributed by atoms with Crippen molar-refractivity contribution in [1.29, 1.82) is 0 Å². The predicted molar refractivity (Wildman–Crippen MR) is 68.7 cm³/mol. The van der Waals surface area contributed by atoms with Crippen molar-refractivity contribution in [2.75, 3.05) is 6.61 Å². The minimum Gasteiger partial charge on any atom is -0.465 e. The molecule has 0 saturated carbocycles. The van der Waals surface area contributed by atoms with Crippen molar-refractivity contribution in [3.05, 3.63) is 28.8 Å². The Hall–Kier alpha value is -1.000. The minimum absolute atomic E-state index is 0.177. The number of carbonyl (C=O) groups is 2. The summed E-state index contributed by atoms with van der Waals surface area (Å²) < 4.78 is 4.91. The van der Waals surface area contributed by atoms with E-state index < -0.39 is 5.97 Å². The minimum atomic E-state index is -0.500. The zero-order valence-corrected chi connectivity index (χ0v) is 11.1. The van der Waals surface area contributed by atoms with Crippen LogP contribution in [0.5, 0.6) is 0 Å². The molecule has 1 aromatic rings. The number of hydrogen-bond donors (Lipinski definition) is 1. The van der Waals surface area contributed by atoms with Crippen molar-refractivity contribution < 1.29 is 14.3 Å². The third-order valence-electron chi connectivity index (χ3n) is 2.07. The molecule has 92 valence electrons. The molecule has 0 aliphatic rings. The van der Waals surface area contributed by atoms with Crippen LogP contribution in [-0.2, 0) is 20.7 Å². The summed E-state index contributed by atoms with van der Waals surface area (Å²) >= 11 is 10.1. The smallest absolute Gasteiger partial charge is 0.313 e. The topological polar surface area (TPSA) is 43.4 Å². The number of esters is 1. The maximum absolute atomic E-state index is 11.1. The van der Waals surface area contributed by atoms with E-state index in [4.69, 9.17) is 16.3 Å². The number of ketones is 1. The van der Waals surface area contributed by atoms with Gasteiger partial charge in [-0.25, -0.2) is 0 Å². The second-order valence-corrected chi connectivity index (χ2v) is 4.54. The molecule has 0 amide bonds. The van der Waals surface area contributed by atoms with Crippen molar-refractivity contribution in [2.45, 2.75) is 24.7 Å². The molecule has 17 heavy (non-hydrogen) atoms. The Balaban J connectivity index is 2.43. The molecule has 0 aromatic heterocycles. The Bertz CT molecular complexity index is 432. The van der Waals surface area contributed by atoms with Gasteiger partial charge in [-0.2, -0.15) is 0 Å². The van der Waals surface area contributed by atoms with Gasteiger partial charge in [0.25, 0.3) is 0 Å². The summed E-state index contributed by atoms with van der Waals surface area (Å²) in [6.45, 7) is 1.57. The number of hydrogen-bond acceptors (Lipinski definition) is 4. The highest BCUT2D eigenvalue weighted by atomic mass is 35.5. The van der Waals surface area contributed by atoms with E-state index in [1.165, 1.54) is 6.92 Å². The molecule has 0 unspecified atom stereocenters. The Morgan fingerprint density at radius 2 is 2.12 bits per heavy atom. The summed E-state index contributed by atoms with van der Waals surface area (Å²) in [5.74, 6) is -0.701. The summed E-state index contributed by atoms with van der Waals surface area (Å²) in [5, 5.41) is 0.618. The molecule has 0 heterocycles. The van der Waals surface area contributed by atoms with Crippen LogP contribution < -0.4 is 0 Å². The van der Waals surface area contributed by atoms with Crippen molar-refractivity contribution in [2.24, 2.45) is 0 Å². The van der Waals surface area contributed by atoms with E-state index in [9.17, 15) is 9.59 Å². The number of halogens is 1. The highest BCUT2D eigenvalue weighted by Gasteiger charge is 2.07. The Labute approximate surface area is 111 Å². The molecule has 0 spiro atoms. The quantitative estimate of drug-likeness (QED) is 0.509. The average Bonchev–Trinajstić information content (AvgIpc) is 2.22. The first-order chi connectivity index (χ1) is 7.99. The second-order valence-electron chi connectivity index (χ2n) is 3.62. The maximum Gasteiger partial charge on any atom is 0.313 e. The van der Waals surface area contributed by atoms with Crippen LogP contribution in [0.1, 0.15) is 18.9 Å². The molecular formula is C12H13ClO3S. The standard InChI is InChI=1S/C12H13ClO3S/c1-8(14)6-12(15)16-5-4-9-7-10(13)2-3-11(9)17/h2-3,7,17H,4-6H2,1H3. The van der Waals surface area contributed by atoms with Gasteiger partial charge >= 0.3 is 5.97 Å². The number of thiol groups is 1. The van der Waals surface area contributed by atoms with Gasteiger partial charge in [0.05, 0.1) is 6.61 Å². The Kier molecular flexibility index (Phi) is 5.51. The average molecular weight is 273 g/mol. The van der Waals surface area contributed by atoms with Crippen molar-refractivity contribution >= 4 is 36.0 Å². The van der Waals surface area contributed by atoms with Crippen molar-refractivity contribution in [3.8, 4) is 0 Å². The summed E-state index contributed by atoms with van der Waals surface area (Å²) in [6.07, 6.45) is 0.353. The predicted octanol–water partition coefficient (Wildman–Crippen LogP) is 2.69. The zero-order chi connectivity index (χ0) is 12.8. The van der Waals surface area contributed by atoms with Crippen molar-refractivity contribution in [1.82, 2.24) is 0 Å². The third-order valence-corrected chi connectivity index (χ3v) is 2.74. The fraction of sp³-hybridized carbons (Fsp3) is 0.333. The van der Waals surface area contributed by atoms with Crippen LogP contribution in [0.2, 0.25) is 5.02 Å². The molecule has 0 bridgehead atoms. The van der Waals surface area contributed by atoms with E-state index in [2.05, 4.69) is 12.6 Å².